The smallest absolute Gasteiger partial charge is 0.259 e. The minimum absolute atomic E-state index is 0.117. The van der Waals surface area contributed by atoms with E-state index in [2.05, 4.69) is 42.7 Å². The molecule has 0 radical (unpaired) electrons. The Kier molecular flexibility index (Phi) is 7.84. The number of carbonyl (C=O) groups excluding carboxylic acids is 2. The maximum absolute atomic E-state index is 13.1. The molecule has 4 rings (SSSR count). The number of hydrazone groups is 1. The van der Waals surface area contributed by atoms with Crippen molar-refractivity contribution in [3.05, 3.63) is 83.4 Å². The van der Waals surface area contributed by atoms with E-state index in [-0.39, 0.29) is 18.4 Å². The highest BCUT2D eigenvalue weighted by Crippen LogP contribution is 2.50. The van der Waals surface area contributed by atoms with Crippen LogP contribution in [0.1, 0.15) is 63.5 Å². The molecule has 1 saturated carbocycles. The highest BCUT2D eigenvalue weighted by atomic mass is 16.2. The molecule has 5 heteroatoms. The lowest BCUT2D eigenvalue weighted by Crippen LogP contribution is -2.38. The zero-order chi connectivity index (χ0) is 24.8. The molecule has 0 bridgehead atoms. The topological polar surface area (TPSA) is 70.6 Å². The SMILES string of the molecule is CC1CC2C(=CCCC2(C)C)CC1C=NNC(=O)CNC(=O)C(c1ccccc1)c1ccccc1. The van der Waals surface area contributed by atoms with E-state index in [0.29, 0.717) is 23.2 Å². The number of hydrogen-bond acceptors (Lipinski definition) is 3. The summed E-state index contributed by atoms with van der Waals surface area (Å²) in [6.45, 7) is 6.95. The number of fused-ring (bicyclic) bond motifs is 1. The monoisotopic (exact) mass is 471 g/mol. The lowest BCUT2D eigenvalue weighted by molar-refractivity contribution is -0.126. The van der Waals surface area contributed by atoms with E-state index in [9.17, 15) is 9.59 Å². The van der Waals surface area contributed by atoms with Crippen molar-refractivity contribution < 1.29 is 9.59 Å². The highest BCUT2D eigenvalue weighted by molar-refractivity contribution is 5.90. The summed E-state index contributed by atoms with van der Waals surface area (Å²) in [5, 5.41) is 7.04. The summed E-state index contributed by atoms with van der Waals surface area (Å²) in [6, 6.07) is 19.2. The predicted molar refractivity (Wildman–Crippen MR) is 141 cm³/mol. The van der Waals surface area contributed by atoms with E-state index in [1.807, 2.05) is 66.9 Å². The van der Waals surface area contributed by atoms with Crippen LogP contribution in [0.4, 0.5) is 0 Å². The van der Waals surface area contributed by atoms with Crippen LogP contribution in [0.25, 0.3) is 0 Å². The maximum Gasteiger partial charge on any atom is 0.259 e. The summed E-state index contributed by atoms with van der Waals surface area (Å²) < 4.78 is 0. The third-order valence-corrected chi connectivity index (χ3v) is 7.80. The molecular formula is C30H37N3O2. The van der Waals surface area contributed by atoms with Gasteiger partial charge >= 0.3 is 0 Å². The molecule has 35 heavy (non-hydrogen) atoms. The van der Waals surface area contributed by atoms with Crippen molar-refractivity contribution in [2.45, 2.75) is 52.4 Å². The number of hydrogen-bond donors (Lipinski definition) is 2. The number of benzene rings is 2. The van der Waals surface area contributed by atoms with E-state index in [1.54, 1.807) is 5.57 Å². The minimum atomic E-state index is -0.474. The first kappa shape index (κ1) is 24.9. The van der Waals surface area contributed by atoms with Gasteiger partial charge in [0, 0.05) is 12.1 Å². The fourth-order valence-corrected chi connectivity index (χ4v) is 5.66. The number of allylic oxidation sites excluding steroid dienone is 2. The summed E-state index contributed by atoms with van der Waals surface area (Å²) in [6.07, 6.45) is 8.90. The van der Waals surface area contributed by atoms with Crippen LogP contribution in [0.2, 0.25) is 0 Å². The summed E-state index contributed by atoms with van der Waals surface area (Å²) in [5.41, 5.74) is 6.31. The molecule has 184 valence electrons. The van der Waals surface area contributed by atoms with Gasteiger partial charge in [0.25, 0.3) is 5.91 Å². The van der Waals surface area contributed by atoms with Crippen LogP contribution >= 0.6 is 0 Å². The molecule has 2 aliphatic carbocycles. The van der Waals surface area contributed by atoms with Gasteiger partial charge in [-0.25, -0.2) is 5.43 Å². The molecular weight excluding hydrogens is 434 g/mol. The van der Waals surface area contributed by atoms with Gasteiger partial charge in [-0.3, -0.25) is 9.59 Å². The fourth-order valence-electron chi connectivity index (χ4n) is 5.66. The zero-order valence-electron chi connectivity index (χ0n) is 21.0. The Morgan fingerprint density at radius 2 is 1.69 bits per heavy atom. The summed E-state index contributed by atoms with van der Waals surface area (Å²) in [4.78, 5) is 25.5. The van der Waals surface area contributed by atoms with Crippen LogP contribution < -0.4 is 10.7 Å². The second-order valence-electron chi connectivity index (χ2n) is 10.7. The first-order valence-corrected chi connectivity index (χ1v) is 12.7. The van der Waals surface area contributed by atoms with Crippen LogP contribution in [-0.4, -0.2) is 24.6 Å². The molecule has 0 aliphatic heterocycles. The van der Waals surface area contributed by atoms with Gasteiger partial charge in [0.05, 0.1) is 12.5 Å². The van der Waals surface area contributed by atoms with Crippen molar-refractivity contribution in [3.63, 3.8) is 0 Å². The van der Waals surface area contributed by atoms with Gasteiger partial charge < -0.3 is 5.32 Å². The molecule has 3 unspecified atom stereocenters. The average molecular weight is 472 g/mol. The Hall–Kier alpha value is -3.21. The largest absolute Gasteiger partial charge is 0.346 e. The first-order chi connectivity index (χ1) is 16.8. The number of carbonyl (C=O) groups is 2. The minimum Gasteiger partial charge on any atom is -0.346 e. The van der Waals surface area contributed by atoms with Gasteiger partial charge in [-0.05, 0) is 54.1 Å². The molecule has 0 aromatic heterocycles. The molecule has 2 aliphatic rings. The van der Waals surface area contributed by atoms with Crippen molar-refractivity contribution in [2.75, 3.05) is 6.54 Å². The Morgan fingerprint density at radius 1 is 1.06 bits per heavy atom. The molecule has 0 saturated heterocycles. The van der Waals surface area contributed by atoms with E-state index in [1.165, 1.54) is 12.8 Å². The van der Waals surface area contributed by atoms with Crippen molar-refractivity contribution in [1.29, 1.82) is 0 Å². The number of nitrogens with one attached hydrogen (secondary N) is 2. The van der Waals surface area contributed by atoms with E-state index in [4.69, 9.17) is 0 Å². The quantitative estimate of drug-likeness (QED) is 0.320. The van der Waals surface area contributed by atoms with Gasteiger partial charge in [0.1, 0.15) is 0 Å². The Labute approximate surface area is 209 Å². The summed E-state index contributed by atoms with van der Waals surface area (Å²) in [7, 11) is 0. The number of rotatable bonds is 7. The molecule has 2 amide bonds. The van der Waals surface area contributed by atoms with Gasteiger partial charge in [0.15, 0.2) is 0 Å². The molecule has 2 N–H and O–H groups in total. The lowest BCUT2D eigenvalue weighted by atomic mass is 9.59. The molecule has 1 fully saturated rings. The molecule has 5 nitrogen and oxygen atoms in total. The van der Waals surface area contributed by atoms with Crippen LogP contribution in [0.3, 0.4) is 0 Å². The van der Waals surface area contributed by atoms with Crippen LogP contribution in [0.5, 0.6) is 0 Å². The fraction of sp³-hybridized carbons (Fsp3) is 0.433. The molecule has 2 aromatic carbocycles. The van der Waals surface area contributed by atoms with Crippen LogP contribution in [-0.2, 0) is 9.59 Å². The van der Waals surface area contributed by atoms with Crippen LogP contribution in [0, 0.1) is 23.2 Å². The Balaban J connectivity index is 1.32. The summed E-state index contributed by atoms with van der Waals surface area (Å²) >= 11 is 0. The van der Waals surface area contributed by atoms with E-state index >= 15 is 0 Å². The van der Waals surface area contributed by atoms with Crippen molar-refractivity contribution in [1.82, 2.24) is 10.7 Å². The number of nitrogens with zero attached hydrogens (tertiary/aromatic N) is 1. The van der Waals surface area contributed by atoms with Crippen molar-refractivity contribution in [3.8, 4) is 0 Å². The third kappa shape index (κ3) is 6.08. The van der Waals surface area contributed by atoms with Crippen molar-refractivity contribution in [2.24, 2.45) is 28.3 Å². The normalized spacial score (nSPS) is 23.4. The Morgan fingerprint density at radius 3 is 2.31 bits per heavy atom. The van der Waals surface area contributed by atoms with Gasteiger partial charge in [-0.1, -0.05) is 93.1 Å². The van der Waals surface area contributed by atoms with Gasteiger partial charge in [-0.2, -0.15) is 5.10 Å². The van der Waals surface area contributed by atoms with Crippen molar-refractivity contribution >= 4 is 18.0 Å². The first-order valence-electron chi connectivity index (χ1n) is 12.7. The summed E-state index contributed by atoms with van der Waals surface area (Å²) in [5.74, 6) is 0.490. The Bertz CT molecular complexity index is 1040. The molecule has 3 atom stereocenters. The molecule has 0 spiro atoms. The lowest BCUT2D eigenvalue weighted by Gasteiger charge is -2.46. The van der Waals surface area contributed by atoms with E-state index < -0.39 is 5.92 Å². The van der Waals surface area contributed by atoms with E-state index in [0.717, 1.165) is 24.0 Å². The predicted octanol–water partition coefficient (Wildman–Crippen LogP) is 5.45. The number of amides is 2. The second kappa shape index (κ2) is 11.0. The maximum atomic E-state index is 13.1. The van der Waals surface area contributed by atoms with Crippen LogP contribution in [0.15, 0.2) is 77.4 Å². The molecule has 2 aromatic rings. The van der Waals surface area contributed by atoms with Gasteiger partial charge in [-0.15, -0.1) is 0 Å². The standard InChI is InChI=1S/C30H37N3O2/c1-21-17-26-24(15-10-16-30(26,2)3)18-25(21)19-32-33-27(34)20-31-29(35)28(22-11-6-4-7-12-22)23-13-8-5-9-14-23/h4-9,11-15,19,21,25-26,28H,10,16-18,20H2,1-3H3,(H,31,35)(H,33,34). The highest BCUT2D eigenvalue weighted by Gasteiger charge is 2.40. The molecule has 0 heterocycles. The third-order valence-electron chi connectivity index (χ3n) is 7.80. The average Bonchev–Trinajstić information content (AvgIpc) is 2.85. The van der Waals surface area contributed by atoms with Gasteiger partial charge in [0.2, 0.25) is 5.91 Å². The zero-order valence-corrected chi connectivity index (χ0v) is 21.0. The second-order valence-corrected chi connectivity index (χ2v) is 10.7.